The lowest BCUT2D eigenvalue weighted by Crippen LogP contribution is -2.37. The molecule has 1 heterocycles. The van der Waals surface area contributed by atoms with Gasteiger partial charge >= 0.3 is 5.97 Å². The summed E-state index contributed by atoms with van der Waals surface area (Å²) in [4.78, 5) is 30.7. The van der Waals surface area contributed by atoms with Gasteiger partial charge in [0.25, 0.3) is 5.91 Å². The van der Waals surface area contributed by atoms with Gasteiger partial charge in [0.05, 0.1) is 22.9 Å². The zero-order valence-electron chi connectivity index (χ0n) is 16.6. The minimum absolute atomic E-state index is 0.00574. The minimum atomic E-state index is -0.448. The normalized spacial score (nSPS) is 11.4. The monoisotopic (exact) mass is 437 g/mol. The van der Waals surface area contributed by atoms with Crippen LogP contribution in [0, 0.1) is 11.3 Å². The molecule has 3 aromatic rings. The van der Waals surface area contributed by atoms with E-state index < -0.39 is 11.9 Å². The zero-order chi connectivity index (χ0) is 21.8. The molecule has 3 rings (SSSR count). The molecule has 1 amide bonds. The number of fused-ring (bicyclic) bond motifs is 1. The van der Waals surface area contributed by atoms with E-state index in [4.69, 9.17) is 0 Å². The number of ether oxygens (including phenoxy) is 1. The molecule has 0 N–H and O–H groups in total. The van der Waals surface area contributed by atoms with E-state index in [1.807, 2.05) is 38.1 Å². The fourth-order valence-corrected chi connectivity index (χ4v) is 4.11. The lowest BCUT2D eigenvalue weighted by molar-refractivity contribution is -0.115. The highest BCUT2D eigenvalue weighted by atomic mass is 32.2. The van der Waals surface area contributed by atoms with Crippen molar-refractivity contribution in [1.82, 2.24) is 4.98 Å². The fourth-order valence-electron chi connectivity index (χ4n) is 2.97. The van der Waals surface area contributed by atoms with Crippen LogP contribution >= 0.6 is 24.0 Å². The number of hydrogen-bond donors (Lipinski definition) is 1. The van der Waals surface area contributed by atoms with E-state index in [0.717, 1.165) is 10.2 Å². The number of esters is 1. The molecule has 0 aliphatic rings. The topological polar surface area (TPSA) is 83.3 Å². The van der Waals surface area contributed by atoms with Crippen LogP contribution in [0.4, 0.5) is 5.69 Å². The van der Waals surface area contributed by atoms with Gasteiger partial charge in [-0.05, 0) is 55.8 Å². The molecule has 6 nitrogen and oxygen atoms in total. The third kappa shape index (κ3) is 4.53. The number of amides is 1. The summed E-state index contributed by atoms with van der Waals surface area (Å²) < 4.78 is 6.24. The average Bonchev–Trinajstić information content (AvgIpc) is 3.11. The number of methoxy groups -OCH3 is 1. The number of thiazole rings is 1. The largest absolute Gasteiger partial charge is 0.465 e. The molecule has 0 spiro atoms. The first kappa shape index (κ1) is 21.6. The van der Waals surface area contributed by atoms with Crippen molar-refractivity contribution in [3.05, 3.63) is 59.2 Å². The predicted octanol–water partition coefficient (Wildman–Crippen LogP) is 4.72. The van der Waals surface area contributed by atoms with Gasteiger partial charge in [0.2, 0.25) is 0 Å². The quantitative estimate of drug-likeness (QED) is 0.270. The molecule has 1 aromatic heterocycles. The molecule has 0 aliphatic carbocycles. The van der Waals surface area contributed by atoms with E-state index in [9.17, 15) is 14.9 Å². The second-order valence-electron chi connectivity index (χ2n) is 6.70. The summed E-state index contributed by atoms with van der Waals surface area (Å²) in [7, 11) is 1.31. The Hall–Kier alpha value is -3.15. The molecular formula is C22H19N3O3S2. The minimum Gasteiger partial charge on any atom is -0.465 e. The lowest BCUT2D eigenvalue weighted by Gasteiger charge is -2.26. The Morgan fingerprint density at radius 1 is 1.23 bits per heavy atom. The molecule has 30 heavy (non-hydrogen) atoms. The number of hydrogen-bond acceptors (Lipinski definition) is 7. The van der Waals surface area contributed by atoms with Gasteiger partial charge in [-0.25, -0.2) is 9.78 Å². The van der Waals surface area contributed by atoms with Gasteiger partial charge in [0.15, 0.2) is 0 Å². The van der Waals surface area contributed by atoms with Gasteiger partial charge in [-0.15, -0.1) is 24.0 Å². The van der Waals surface area contributed by atoms with Gasteiger partial charge in [0, 0.05) is 11.7 Å². The molecule has 152 valence electrons. The zero-order valence-corrected chi connectivity index (χ0v) is 18.3. The highest BCUT2D eigenvalue weighted by Crippen LogP contribution is 2.30. The molecule has 0 bridgehead atoms. The van der Waals surface area contributed by atoms with Crippen LogP contribution in [0.3, 0.4) is 0 Å². The van der Waals surface area contributed by atoms with Crippen molar-refractivity contribution in [3.63, 3.8) is 0 Å². The molecule has 0 saturated heterocycles. The average molecular weight is 438 g/mol. The van der Waals surface area contributed by atoms with Crippen LogP contribution in [0.25, 0.3) is 16.3 Å². The Morgan fingerprint density at radius 2 is 1.93 bits per heavy atom. The van der Waals surface area contributed by atoms with Crippen LogP contribution in [0.15, 0.2) is 52.4 Å². The fraction of sp³-hybridized carbons (Fsp3) is 0.182. The Kier molecular flexibility index (Phi) is 6.55. The van der Waals surface area contributed by atoms with Gasteiger partial charge in [-0.2, -0.15) is 5.26 Å². The Morgan fingerprint density at radius 3 is 2.53 bits per heavy atom. The second-order valence-corrected chi connectivity index (χ2v) is 8.46. The highest BCUT2D eigenvalue weighted by Gasteiger charge is 2.23. The van der Waals surface area contributed by atoms with Crippen molar-refractivity contribution < 1.29 is 14.3 Å². The number of nitrogens with zero attached hydrogens (tertiary/aromatic N) is 3. The summed E-state index contributed by atoms with van der Waals surface area (Å²) >= 11 is 5.71. The van der Waals surface area contributed by atoms with E-state index in [0.29, 0.717) is 21.2 Å². The van der Waals surface area contributed by atoms with Crippen LogP contribution in [0.1, 0.15) is 29.8 Å². The maximum Gasteiger partial charge on any atom is 0.337 e. The Balaban J connectivity index is 1.95. The summed E-state index contributed by atoms with van der Waals surface area (Å²) in [6.45, 7) is 3.78. The first-order chi connectivity index (χ1) is 14.3. The van der Waals surface area contributed by atoms with Crippen LogP contribution in [0.5, 0.6) is 0 Å². The lowest BCUT2D eigenvalue weighted by atomic mass is 10.1. The maximum absolute atomic E-state index is 13.2. The smallest absolute Gasteiger partial charge is 0.337 e. The Labute approximate surface area is 183 Å². The van der Waals surface area contributed by atoms with E-state index >= 15 is 0 Å². The number of thiol groups is 1. The first-order valence-corrected chi connectivity index (χ1v) is 10.3. The summed E-state index contributed by atoms with van der Waals surface area (Å²) in [6, 6.07) is 13.9. The number of anilines is 1. The van der Waals surface area contributed by atoms with Crippen molar-refractivity contribution in [2.45, 2.75) is 24.2 Å². The molecule has 0 aliphatic heterocycles. The van der Waals surface area contributed by atoms with E-state index in [1.165, 1.54) is 24.5 Å². The summed E-state index contributed by atoms with van der Waals surface area (Å²) in [5.41, 5.74) is 2.51. The van der Waals surface area contributed by atoms with Crippen molar-refractivity contribution in [2.24, 2.45) is 0 Å². The molecule has 8 heteroatoms. The number of nitriles is 1. The summed E-state index contributed by atoms with van der Waals surface area (Å²) in [5.74, 6) is -0.851. The van der Waals surface area contributed by atoms with Crippen molar-refractivity contribution in [3.8, 4) is 6.07 Å². The number of carbonyl (C=O) groups excluding carboxylic acids is 2. The first-order valence-electron chi connectivity index (χ1n) is 9.07. The van der Waals surface area contributed by atoms with Crippen LogP contribution in [-0.2, 0) is 9.53 Å². The molecule has 0 unspecified atom stereocenters. The highest BCUT2D eigenvalue weighted by molar-refractivity contribution is 7.82. The van der Waals surface area contributed by atoms with Gasteiger partial charge in [0.1, 0.15) is 16.0 Å². The molecule has 0 fully saturated rings. The van der Waals surface area contributed by atoms with Crippen molar-refractivity contribution >= 4 is 57.8 Å². The molecule has 0 saturated carbocycles. The number of carbonyl (C=O) groups is 2. The Bertz CT molecular complexity index is 1170. The molecular weight excluding hydrogens is 418 g/mol. The standard InChI is InChI=1S/C22H19N3O3S2/c1-13(2)25(17-8-9-18-19(11-17)30-22(29)24-18)20(26)16(12-23)10-14-4-6-15(7-5-14)21(27)28-3/h4-11,13H,1-3H3,(H,24,29). The molecule has 0 radical (unpaired) electrons. The van der Waals surface area contributed by atoms with E-state index in [-0.39, 0.29) is 11.6 Å². The van der Waals surface area contributed by atoms with Crippen LogP contribution in [0.2, 0.25) is 0 Å². The van der Waals surface area contributed by atoms with Gasteiger partial charge in [-0.1, -0.05) is 12.1 Å². The maximum atomic E-state index is 13.2. The van der Waals surface area contributed by atoms with Crippen LogP contribution < -0.4 is 4.90 Å². The number of benzene rings is 2. The third-order valence-electron chi connectivity index (χ3n) is 4.37. The van der Waals surface area contributed by atoms with Gasteiger partial charge < -0.3 is 9.64 Å². The SMILES string of the molecule is COC(=O)c1ccc(C=C(C#N)C(=O)N(c2ccc3nc(S)sc3c2)C(C)C)cc1. The predicted molar refractivity (Wildman–Crippen MR) is 121 cm³/mol. The summed E-state index contributed by atoms with van der Waals surface area (Å²) in [6.07, 6.45) is 1.51. The van der Waals surface area contributed by atoms with E-state index in [2.05, 4.69) is 22.3 Å². The second kappa shape index (κ2) is 9.11. The van der Waals surface area contributed by atoms with E-state index in [1.54, 1.807) is 29.2 Å². The number of aromatic nitrogens is 1. The molecule has 2 aromatic carbocycles. The van der Waals surface area contributed by atoms with Crippen molar-refractivity contribution in [1.29, 1.82) is 5.26 Å². The third-order valence-corrected chi connectivity index (χ3v) is 5.56. The van der Waals surface area contributed by atoms with Crippen LogP contribution in [-0.4, -0.2) is 30.0 Å². The van der Waals surface area contributed by atoms with Crippen molar-refractivity contribution in [2.75, 3.05) is 12.0 Å². The molecule has 0 atom stereocenters. The number of rotatable bonds is 5. The van der Waals surface area contributed by atoms with Gasteiger partial charge in [-0.3, -0.25) is 4.79 Å². The summed E-state index contributed by atoms with van der Waals surface area (Å²) in [5, 5.41) is 9.63.